The van der Waals surface area contributed by atoms with Gasteiger partial charge in [0, 0.05) is 43.1 Å². The first kappa shape index (κ1) is 30.0. The fraction of sp³-hybridized carbons (Fsp3) is 0. The first-order valence-corrected chi connectivity index (χ1v) is 19.4. The third-order valence-electron chi connectivity index (χ3n) is 12.4. The van der Waals surface area contributed by atoms with Gasteiger partial charge in [-0.05, 0) is 80.9 Å². The summed E-state index contributed by atoms with van der Waals surface area (Å²) in [5, 5.41) is 10.4. The molecule has 0 aliphatic rings. The van der Waals surface area contributed by atoms with Gasteiger partial charge in [0.1, 0.15) is 0 Å². The van der Waals surface area contributed by atoms with Crippen molar-refractivity contribution in [3.05, 3.63) is 194 Å². The third kappa shape index (κ3) is 3.95. The highest BCUT2D eigenvalue weighted by Crippen LogP contribution is 2.48. The maximum absolute atomic E-state index is 2.53. The van der Waals surface area contributed by atoms with Crippen molar-refractivity contribution in [2.45, 2.75) is 0 Å². The van der Waals surface area contributed by atoms with Gasteiger partial charge >= 0.3 is 0 Å². The Labute approximate surface area is 322 Å². The summed E-state index contributed by atoms with van der Waals surface area (Å²) in [6.07, 6.45) is 0. The summed E-state index contributed by atoms with van der Waals surface area (Å²) in [5.41, 5.74) is 17.5. The molecule has 13 rings (SSSR count). The second-order valence-electron chi connectivity index (χ2n) is 15.3. The van der Waals surface area contributed by atoms with Gasteiger partial charge in [-0.15, -0.1) is 0 Å². The largest absolute Gasteiger partial charge is 0.308 e. The monoisotopic (exact) mass is 708 g/mol. The van der Waals surface area contributed by atoms with Gasteiger partial charge in [-0.1, -0.05) is 158 Å². The first-order valence-electron chi connectivity index (χ1n) is 19.4. The lowest BCUT2D eigenvalue weighted by atomic mass is 9.94. The van der Waals surface area contributed by atoms with Gasteiger partial charge in [0.05, 0.1) is 33.1 Å². The molecule has 0 saturated heterocycles. The highest BCUT2D eigenvalue weighted by Gasteiger charge is 2.25. The summed E-state index contributed by atoms with van der Waals surface area (Å²) in [5.74, 6) is 0. The van der Waals surface area contributed by atoms with Crippen molar-refractivity contribution in [1.29, 1.82) is 0 Å². The second kappa shape index (κ2) is 11.1. The zero-order chi connectivity index (χ0) is 36.5. The van der Waals surface area contributed by atoms with Crippen LogP contribution >= 0.6 is 0 Å². The Hall–Kier alpha value is -7.42. The van der Waals surface area contributed by atoms with Crippen molar-refractivity contribution in [3.8, 4) is 44.5 Å². The minimum Gasteiger partial charge on any atom is -0.308 e. The lowest BCUT2D eigenvalue weighted by Crippen LogP contribution is -1.83. The van der Waals surface area contributed by atoms with E-state index in [9.17, 15) is 0 Å². The van der Waals surface area contributed by atoms with E-state index in [4.69, 9.17) is 0 Å². The quantitative estimate of drug-likeness (QED) is 0.172. The molecule has 0 saturated carbocycles. The van der Waals surface area contributed by atoms with Crippen molar-refractivity contribution >= 4 is 76.2 Å². The average molecular weight is 709 g/mol. The second-order valence-corrected chi connectivity index (χ2v) is 15.3. The molecule has 0 spiro atoms. The zero-order valence-electron chi connectivity index (χ0n) is 30.4. The van der Waals surface area contributed by atoms with Gasteiger partial charge in [-0.25, -0.2) is 0 Å². The molecular weight excluding hydrogens is 677 g/mol. The highest BCUT2D eigenvalue weighted by molar-refractivity contribution is 6.31. The predicted molar refractivity (Wildman–Crippen MR) is 238 cm³/mol. The standard InChI is InChI=1S/C54H32N2/c1-3-13-33(14-4-1)35-17-11-19-37(29-35)39-25-27-41-45-31-50-46(32-49(45)55-47-23-9-7-21-43(47)51(39)53(41)55)42-28-26-40(52-44-22-8-10-24-48(44)56(50)54(42)52)38-20-12-18-36(30-38)34-15-5-2-6-16-34/h1-32H. The molecule has 2 nitrogen and oxygen atoms in total. The normalized spacial score (nSPS) is 12.3. The van der Waals surface area contributed by atoms with Crippen LogP contribution in [-0.4, -0.2) is 8.80 Å². The Bertz CT molecular complexity index is 3430. The minimum atomic E-state index is 1.23. The van der Waals surface area contributed by atoms with Crippen molar-refractivity contribution in [2.24, 2.45) is 0 Å². The van der Waals surface area contributed by atoms with Crippen LogP contribution in [0.25, 0.3) is 121 Å². The fourth-order valence-corrected chi connectivity index (χ4v) is 9.98. The molecule has 4 aromatic heterocycles. The van der Waals surface area contributed by atoms with Crippen LogP contribution in [0.15, 0.2) is 194 Å². The van der Waals surface area contributed by atoms with Crippen LogP contribution in [0.1, 0.15) is 0 Å². The summed E-state index contributed by atoms with van der Waals surface area (Å²) in [7, 11) is 0. The van der Waals surface area contributed by atoms with E-state index in [1.807, 2.05) is 0 Å². The molecule has 258 valence electrons. The summed E-state index contributed by atoms with van der Waals surface area (Å²) < 4.78 is 5.07. The first-order chi connectivity index (χ1) is 27.8. The molecule has 0 N–H and O–H groups in total. The van der Waals surface area contributed by atoms with Crippen molar-refractivity contribution in [1.82, 2.24) is 8.80 Å². The summed E-state index contributed by atoms with van der Waals surface area (Å²) in [4.78, 5) is 0. The summed E-state index contributed by atoms with van der Waals surface area (Å²) in [6, 6.07) is 71.7. The number of hydrogen-bond acceptors (Lipinski definition) is 0. The maximum atomic E-state index is 2.53. The van der Waals surface area contributed by atoms with Crippen LogP contribution in [0.2, 0.25) is 0 Å². The number of rotatable bonds is 4. The predicted octanol–water partition coefficient (Wildman–Crippen LogP) is 14.7. The van der Waals surface area contributed by atoms with Crippen LogP contribution in [0.5, 0.6) is 0 Å². The minimum absolute atomic E-state index is 1.23. The van der Waals surface area contributed by atoms with Crippen LogP contribution < -0.4 is 0 Å². The fourth-order valence-electron chi connectivity index (χ4n) is 9.98. The van der Waals surface area contributed by atoms with E-state index in [0.29, 0.717) is 0 Å². The number of aromatic nitrogens is 2. The number of nitrogens with zero attached hydrogens (tertiary/aromatic N) is 2. The topological polar surface area (TPSA) is 8.82 Å². The van der Waals surface area contributed by atoms with E-state index in [0.717, 1.165) is 0 Å². The Balaban J connectivity index is 1.10. The molecule has 0 unspecified atom stereocenters. The van der Waals surface area contributed by atoms with E-state index >= 15 is 0 Å². The molecule has 56 heavy (non-hydrogen) atoms. The highest BCUT2D eigenvalue weighted by atomic mass is 14.9. The van der Waals surface area contributed by atoms with E-state index in [-0.39, 0.29) is 0 Å². The van der Waals surface area contributed by atoms with Gasteiger partial charge in [-0.3, -0.25) is 0 Å². The molecule has 4 heterocycles. The number of benzene rings is 9. The van der Waals surface area contributed by atoms with Crippen LogP contribution in [0, 0.1) is 0 Å². The lowest BCUT2D eigenvalue weighted by Gasteiger charge is -2.09. The molecule has 0 aliphatic carbocycles. The maximum Gasteiger partial charge on any atom is 0.0626 e. The molecule has 9 aromatic carbocycles. The molecule has 0 bridgehead atoms. The molecule has 0 fully saturated rings. The Morgan fingerprint density at radius 3 is 1.09 bits per heavy atom. The van der Waals surface area contributed by atoms with E-state index in [2.05, 4.69) is 203 Å². The zero-order valence-corrected chi connectivity index (χ0v) is 30.4. The molecule has 0 radical (unpaired) electrons. The molecule has 0 atom stereocenters. The van der Waals surface area contributed by atoms with Gasteiger partial charge in [0.15, 0.2) is 0 Å². The van der Waals surface area contributed by atoms with Gasteiger partial charge in [-0.2, -0.15) is 0 Å². The van der Waals surface area contributed by atoms with Gasteiger partial charge in [0.25, 0.3) is 0 Å². The van der Waals surface area contributed by atoms with Crippen molar-refractivity contribution in [3.63, 3.8) is 0 Å². The number of hydrogen-bond donors (Lipinski definition) is 0. The van der Waals surface area contributed by atoms with Gasteiger partial charge < -0.3 is 8.80 Å². The third-order valence-corrected chi connectivity index (χ3v) is 12.4. The average Bonchev–Trinajstić information content (AvgIpc) is 4.00. The van der Waals surface area contributed by atoms with E-state index < -0.39 is 0 Å². The Kier molecular flexibility index (Phi) is 5.92. The summed E-state index contributed by atoms with van der Waals surface area (Å²) >= 11 is 0. The van der Waals surface area contributed by atoms with E-state index in [1.165, 1.54) is 121 Å². The molecular formula is C54H32N2. The van der Waals surface area contributed by atoms with Gasteiger partial charge in [0.2, 0.25) is 0 Å². The van der Waals surface area contributed by atoms with Crippen LogP contribution in [0.3, 0.4) is 0 Å². The van der Waals surface area contributed by atoms with Crippen molar-refractivity contribution < 1.29 is 0 Å². The molecule has 0 aliphatic heterocycles. The molecule has 13 aromatic rings. The summed E-state index contributed by atoms with van der Waals surface area (Å²) in [6.45, 7) is 0. The number of fused-ring (bicyclic) bond motifs is 12. The van der Waals surface area contributed by atoms with Crippen LogP contribution in [0.4, 0.5) is 0 Å². The molecule has 2 heteroatoms. The lowest BCUT2D eigenvalue weighted by molar-refractivity contribution is 1.36. The Morgan fingerprint density at radius 2 is 0.625 bits per heavy atom. The van der Waals surface area contributed by atoms with Crippen molar-refractivity contribution in [2.75, 3.05) is 0 Å². The molecule has 0 amide bonds. The van der Waals surface area contributed by atoms with Crippen LogP contribution in [-0.2, 0) is 0 Å². The SMILES string of the molecule is c1ccc(-c2cccc(-c3ccc4c5cc6c(cc5n5c7ccccc7c3c45)c3ccc(-c4cccc(-c5ccccc5)c4)c4c5ccccc5n6c34)c2)cc1. The number of para-hydroxylation sites is 2. The smallest absolute Gasteiger partial charge is 0.0626 e. The van der Waals surface area contributed by atoms with E-state index in [1.54, 1.807) is 0 Å². The Morgan fingerprint density at radius 1 is 0.232 bits per heavy atom.